The first-order valence-corrected chi connectivity index (χ1v) is 12.5. The summed E-state index contributed by atoms with van der Waals surface area (Å²) < 4.78 is 1.29. The second-order valence-electron chi connectivity index (χ2n) is 10.6. The van der Waals surface area contributed by atoms with Gasteiger partial charge in [0.05, 0.1) is 0 Å². The van der Waals surface area contributed by atoms with Gasteiger partial charge in [0.15, 0.2) is 5.78 Å². The van der Waals surface area contributed by atoms with Crippen molar-refractivity contribution in [3.8, 4) is 0 Å². The Bertz CT molecular complexity index is 1040. The molecule has 2 saturated heterocycles. The van der Waals surface area contributed by atoms with Crippen molar-refractivity contribution in [2.75, 3.05) is 25.0 Å². The molecule has 0 radical (unpaired) electrons. The van der Waals surface area contributed by atoms with Gasteiger partial charge < -0.3 is 9.80 Å². The monoisotopic (exact) mass is 465 g/mol. The molecule has 0 aliphatic carbocycles. The molecule has 0 saturated carbocycles. The van der Waals surface area contributed by atoms with E-state index in [4.69, 9.17) is 0 Å². The number of carbonyl (C=O) groups is 2. The van der Waals surface area contributed by atoms with Crippen molar-refractivity contribution in [2.45, 2.75) is 84.5 Å². The van der Waals surface area contributed by atoms with Crippen molar-refractivity contribution < 1.29 is 9.59 Å². The minimum atomic E-state index is -0.157. The van der Waals surface area contributed by atoms with Gasteiger partial charge in [-0.25, -0.2) is 4.79 Å². The van der Waals surface area contributed by atoms with Crippen LogP contribution in [-0.2, 0) is 6.54 Å². The van der Waals surface area contributed by atoms with Crippen molar-refractivity contribution in [2.24, 2.45) is 0 Å². The number of amides is 1. The van der Waals surface area contributed by atoms with Gasteiger partial charge in [-0.3, -0.25) is 9.69 Å². The van der Waals surface area contributed by atoms with Crippen molar-refractivity contribution >= 4 is 17.5 Å². The Hall–Kier alpha value is -2.67. The number of aryl methyl sites for hydroxylation is 1. The summed E-state index contributed by atoms with van der Waals surface area (Å²) in [6.07, 6.45) is 5.87. The number of anilines is 1. The van der Waals surface area contributed by atoms with Gasteiger partial charge in [0, 0.05) is 56.1 Å². The van der Waals surface area contributed by atoms with Gasteiger partial charge in [-0.15, -0.1) is 0 Å². The number of nitrogens with zero attached hydrogens (tertiary/aromatic N) is 5. The van der Waals surface area contributed by atoms with E-state index in [0.29, 0.717) is 30.9 Å². The molecule has 1 amide bonds. The van der Waals surface area contributed by atoms with Crippen LogP contribution in [0.15, 0.2) is 30.5 Å². The Morgan fingerprint density at radius 3 is 2.35 bits per heavy atom. The number of piperidine rings is 1. The lowest BCUT2D eigenvalue weighted by atomic mass is 9.87. The van der Waals surface area contributed by atoms with Gasteiger partial charge in [-0.1, -0.05) is 12.1 Å². The largest absolute Gasteiger partial charge is 0.366 e. The molecular formula is C27H39N5O2. The molecule has 2 fully saturated rings. The highest BCUT2D eigenvalue weighted by molar-refractivity contribution is 5.92. The topological polar surface area (TPSA) is 61.7 Å². The van der Waals surface area contributed by atoms with Crippen LogP contribution >= 0.6 is 0 Å². The number of aromatic nitrogens is 2. The average Bonchev–Trinajstić information content (AvgIpc) is 3.42. The first kappa shape index (κ1) is 24.5. The summed E-state index contributed by atoms with van der Waals surface area (Å²) in [6, 6.07) is 9.45. The number of likely N-dealkylation sites (tertiary alicyclic amines) is 1. The third-order valence-electron chi connectivity index (χ3n) is 8.06. The van der Waals surface area contributed by atoms with E-state index >= 15 is 0 Å². The fraction of sp³-hybridized carbons (Fsp3) is 0.593. The maximum absolute atomic E-state index is 12.9. The number of ketones is 1. The predicted octanol–water partition coefficient (Wildman–Crippen LogP) is 4.73. The van der Waals surface area contributed by atoms with Crippen molar-refractivity contribution in [3.63, 3.8) is 0 Å². The van der Waals surface area contributed by atoms with Crippen LogP contribution in [0.25, 0.3) is 0 Å². The smallest absolute Gasteiger partial charge is 0.344 e. The molecule has 7 nitrogen and oxygen atoms in total. The number of rotatable bonds is 5. The Morgan fingerprint density at radius 2 is 1.76 bits per heavy atom. The van der Waals surface area contributed by atoms with Gasteiger partial charge in [0.25, 0.3) is 0 Å². The van der Waals surface area contributed by atoms with Crippen LogP contribution in [0.3, 0.4) is 0 Å². The van der Waals surface area contributed by atoms with Crippen LogP contribution in [0, 0.1) is 6.92 Å². The fourth-order valence-corrected chi connectivity index (χ4v) is 5.49. The average molecular weight is 466 g/mol. The summed E-state index contributed by atoms with van der Waals surface area (Å²) in [5.74, 6) is -0.132. The van der Waals surface area contributed by atoms with Crippen LogP contribution in [-0.4, -0.2) is 69.2 Å². The summed E-state index contributed by atoms with van der Waals surface area (Å²) in [5.41, 5.74) is 4.39. The molecule has 0 N–H and O–H groups in total. The van der Waals surface area contributed by atoms with Crippen LogP contribution in [0.2, 0.25) is 0 Å². The van der Waals surface area contributed by atoms with E-state index in [1.807, 2.05) is 4.90 Å². The van der Waals surface area contributed by atoms with E-state index in [1.54, 1.807) is 12.3 Å². The Morgan fingerprint density at radius 1 is 1.12 bits per heavy atom. The molecule has 184 valence electrons. The quantitative estimate of drug-likeness (QED) is 0.598. The standard InChI is InChI=1S/C27H39N5O2/c1-19-7-10-23(25(17-19)32-20(2)8-9-21(32)3)18-29(6)27(5)12-15-30(16-13-27)26(34)31-14-11-24(28-31)22(4)33/h7,10-11,14,17,20-21H,8-9,12-13,15-16,18H2,1-6H3/t20-,21-/m0/s1. The number of Topliss-reactive ketones (excluding diaryl/α,β-unsaturated/α-hetero) is 1. The molecule has 7 heteroatoms. The molecule has 1 aromatic heterocycles. The molecule has 2 aliphatic heterocycles. The third kappa shape index (κ3) is 4.76. The lowest BCUT2D eigenvalue weighted by molar-refractivity contribution is 0.0585. The number of carbonyl (C=O) groups excluding carboxylic acids is 2. The lowest BCUT2D eigenvalue weighted by Gasteiger charge is -2.45. The van der Waals surface area contributed by atoms with Crippen LogP contribution in [0.5, 0.6) is 0 Å². The van der Waals surface area contributed by atoms with E-state index < -0.39 is 0 Å². The van der Waals surface area contributed by atoms with E-state index in [1.165, 1.54) is 41.3 Å². The summed E-state index contributed by atoms with van der Waals surface area (Å²) in [7, 11) is 2.21. The zero-order chi connectivity index (χ0) is 24.6. The number of benzene rings is 1. The molecule has 0 bridgehead atoms. The zero-order valence-corrected chi connectivity index (χ0v) is 21.5. The normalized spacial score (nSPS) is 22.4. The van der Waals surface area contributed by atoms with Gasteiger partial charge >= 0.3 is 6.03 Å². The second kappa shape index (κ2) is 9.53. The summed E-state index contributed by atoms with van der Waals surface area (Å²) in [5, 5.41) is 4.14. The molecule has 4 rings (SSSR count). The Labute approximate surface area is 203 Å². The van der Waals surface area contributed by atoms with Gasteiger partial charge in [-0.05, 0) is 83.7 Å². The first-order chi connectivity index (χ1) is 16.1. The second-order valence-corrected chi connectivity index (χ2v) is 10.6. The summed E-state index contributed by atoms with van der Waals surface area (Å²) in [6.45, 7) is 12.9. The van der Waals surface area contributed by atoms with Crippen LogP contribution < -0.4 is 4.90 Å². The van der Waals surface area contributed by atoms with Gasteiger partial charge in [0.2, 0.25) is 0 Å². The summed E-state index contributed by atoms with van der Waals surface area (Å²) in [4.78, 5) is 31.3. The lowest BCUT2D eigenvalue weighted by Crippen LogP contribution is -2.53. The van der Waals surface area contributed by atoms with Crippen molar-refractivity contribution in [1.82, 2.24) is 19.6 Å². The van der Waals surface area contributed by atoms with E-state index in [2.05, 4.69) is 67.8 Å². The molecule has 2 atom stereocenters. The first-order valence-electron chi connectivity index (χ1n) is 12.5. The molecule has 3 heterocycles. The molecule has 1 aromatic carbocycles. The highest BCUT2D eigenvalue weighted by Gasteiger charge is 2.36. The molecule has 0 unspecified atom stereocenters. The molecule has 0 spiro atoms. The minimum Gasteiger partial charge on any atom is -0.366 e. The number of hydrogen-bond donors (Lipinski definition) is 0. The Kier molecular flexibility index (Phi) is 6.85. The predicted molar refractivity (Wildman–Crippen MR) is 136 cm³/mol. The van der Waals surface area contributed by atoms with E-state index in [9.17, 15) is 9.59 Å². The molecule has 34 heavy (non-hydrogen) atoms. The van der Waals surface area contributed by atoms with E-state index in [-0.39, 0.29) is 17.4 Å². The van der Waals surface area contributed by atoms with Crippen molar-refractivity contribution in [3.05, 3.63) is 47.3 Å². The minimum absolute atomic E-state index is 0.00976. The molecular weight excluding hydrogens is 426 g/mol. The molecule has 2 aromatic rings. The third-order valence-corrected chi connectivity index (χ3v) is 8.06. The van der Waals surface area contributed by atoms with Gasteiger partial charge in [0.1, 0.15) is 5.69 Å². The Balaban J connectivity index is 1.44. The SMILES string of the molecule is CC(=O)c1ccn(C(=O)N2CCC(C)(N(C)Cc3ccc(C)cc3N3[C@@H](C)CC[C@@H]3C)CC2)n1. The van der Waals surface area contributed by atoms with Crippen LogP contribution in [0.4, 0.5) is 10.5 Å². The zero-order valence-electron chi connectivity index (χ0n) is 21.5. The highest BCUT2D eigenvalue weighted by Crippen LogP contribution is 2.36. The summed E-state index contributed by atoms with van der Waals surface area (Å²) >= 11 is 0. The maximum Gasteiger partial charge on any atom is 0.344 e. The van der Waals surface area contributed by atoms with E-state index in [0.717, 1.165) is 19.4 Å². The van der Waals surface area contributed by atoms with Crippen molar-refractivity contribution in [1.29, 1.82) is 0 Å². The number of hydrogen-bond acceptors (Lipinski definition) is 5. The molecule has 2 aliphatic rings. The fourth-order valence-electron chi connectivity index (χ4n) is 5.49. The highest BCUT2D eigenvalue weighted by atomic mass is 16.2. The van der Waals surface area contributed by atoms with Gasteiger partial charge in [-0.2, -0.15) is 9.78 Å². The maximum atomic E-state index is 12.9. The van der Waals surface area contributed by atoms with Crippen LogP contribution in [0.1, 0.15) is 75.0 Å².